The van der Waals surface area contributed by atoms with Crippen LogP contribution in [0, 0.1) is 17.8 Å². The van der Waals surface area contributed by atoms with E-state index in [0.717, 1.165) is 0 Å². The van der Waals surface area contributed by atoms with Gasteiger partial charge in [-0.05, 0) is 19.3 Å². The number of carbonyl (C=O) groups is 3. The van der Waals surface area contributed by atoms with Crippen molar-refractivity contribution in [3.8, 4) is 0 Å². The van der Waals surface area contributed by atoms with E-state index in [9.17, 15) is 14.4 Å². The van der Waals surface area contributed by atoms with Crippen molar-refractivity contribution < 1.29 is 23.9 Å². The molecule has 0 spiro atoms. The first-order valence-electron chi connectivity index (χ1n) is 8.69. The minimum atomic E-state index is -0.279. The van der Waals surface area contributed by atoms with Crippen molar-refractivity contribution in [3.63, 3.8) is 0 Å². The number of rotatable bonds is 14. The molecule has 0 fully saturated rings. The normalized spacial score (nSPS) is 12.5. The Morgan fingerprint density at radius 1 is 0.958 bits per heavy atom. The number of hydrogen-bond donors (Lipinski definition) is 1. The van der Waals surface area contributed by atoms with E-state index in [2.05, 4.69) is 5.32 Å². The summed E-state index contributed by atoms with van der Waals surface area (Å²) in [5.74, 6) is 0.0400. The average molecular weight is 343 g/mol. The number of ether oxygens (including phenoxy) is 2. The molecule has 0 heterocycles. The zero-order chi connectivity index (χ0) is 18.5. The van der Waals surface area contributed by atoms with Gasteiger partial charge in [0.05, 0.1) is 19.8 Å². The van der Waals surface area contributed by atoms with Crippen molar-refractivity contribution in [1.29, 1.82) is 0 Å². The third kappa shape index (κ3) is 12.2. The molecule has 0 saturated carbocycles. The molecule has 6 heteroatoms. The van der Waals surface area contributed by atoms with Gasteiger partial charge in [-0.2, -0.15) is 0 Å². The second-order valence-electron chi connectivity index (χ2n) is 6.81. The molecule has 1 unspecified atom stereocenters. The minimum absolute atomic E-state index is 0.0191. The van der Waals surface area contributed by atoms with Crippen LogP contribution in [0.2, 0.25) is 0 Å². The Hall–Kier alpha value is -1.27. The Morgan fingerprint density at radius 2 is 1.58 bits per heavy atom. The molecule has 0 aliphatic heterocycles. The zero-order valence-electron chi connectivity index (χ0n) is 15.7. The highest BCUT2D eigenvalue weighted by Crippen LogP contribution is 2.18. The van der Waals surface area contributed by atoms with E-state index in [1.54, 1.807) is 0 Å². The van der Waals surface area contributed by atoms with E-state index in [4.69, 9.17) is 9.47 Å². The summed E-state index contributed by atoms with van der Waals surface area (Å²) in [6, 6.07) is 0. The summed E-state index contributed by atoms with van der Waals surface area (Å²) in [5.41, 5.74) is 0. The molecule has 0 rings (SSSR count). The molecule has 0 bridgehead atoms. The van der Waals surface area contributed by atoms with Gasteiger partial charge in [-0.3, -0.25) is 14.4 Å². The van der Waals surface area contributed by atoms with Crippen molar-refractivity contribution in [2.75, 3.05) is 33.0 Å². The Bertz CT molecular complexity index is 393. The minimum Gasteiger partial charge on any atom is -0.377 e. The molecule has 140 valence electrons. The average Bonchev–Trinajstić information content (AvgIpc) is 2.47. The molecule has 0 aromatic rings. The van der Waals surface area contributed by atoms with Gasteiger partial charge in [-0.25, -0.2) is 0 Å². The summed E-state index contributed by atoms with van der Waals surface area (Å²) in [4.78, 5) is 34.9. The maximum Gasteiger partial charge on any atom is 0.223 e. The molecular weight excluding hydrogens is 310 g/mol. The summed E-state index contributed by atoms with van der Waals surface area (Å²) in [6.45, 7) is 10.9. The first-order chi connectivity index (χ1) is 11.2. The number of carbonyl (C=O) groups excluding carboxylic acids is 3. The smallest absolute Gasteiger partial charge is 0.223 e. The predicted octanol–water partition coefficient (Wildman–Crippen LogP) is 2.00. The van der Waals surface area contributed by atoms with E-state index in [-0.39, 0.29) is 35.9 Å². The van der Waals surface area contributed by atoms with Crippen LogP contribution in [-0.4, -0.2) is 50.4 Å². The Labute approximate surface area is 145 Å². The number of ketones is 2. The van der Waals surface area contributed by atoms with E-state index in [1.807, 2.05) is 27.7 Å². The second kappa shape index (κ2) is 13.1. The third-order valence-corrected chi connectivity index (χ3v) is 3.44. The summed E-state index contributed by atoms with van der Waals surface area (Å²) in [5, 5.41) is 2.83. The number of nitrogens with one attached hydrogen (secondary N) is 1. The van der Waals surface area contributed by atoms with Crippen LogP contribution in [-0.2, 0) is 23.9 Å². The fraction of sp³-hybridized carbons (Fsp3) is 0.833. The molecule has 0 aliphatic rings. The molecule has 1 amide bonds. The summed E-state index contributed by atoms with van der Waals surface area (Å²) >= 11 is 0. The lowest BCUT2D eigenvalue weighted by atomic mass is 9.89. The number of amides is 1. The summed E-state index contributed by atoms with van der Waals surface area (Å²) in [6.07, 6.45) is 0.992. The van der Waals surface area contributed by atoms with Crippen LogP contribution in [0.3, 0.4) is 0 Å². The fourth-order valence-electron chi connectivity index (χ4n) is 2.16. The van der Waals surface area contributed by atoms with Crippen molar-refractivity contribution in [1.82, 2.24) is 5.32 Å². The topological polar surface area (TPSA) is 81.7 Å². The van der Waals surface area contributed by atoms with Crippen LogP contribution in [0.15, 0.2) is 0 Å². The Balaban J connectivity index is 4.01. The second-order valence-corrected chi connectivity index (χ2v) is 6.81. The molecule has 0 aliphatic carbocycles. The van der Waals surface area contributed by atoms with Gasteiger partial charge in [0.15, 0.2) is 5.78 Å². The van der Waals surface area contributed by atoms with Gasteiger partial charge < -0.3 is 14.8 Å². The maximum atomic E-state index is 12.3. The lowest BCUT2D eigenvalue weighted by Crippen LogP contribution is -2.35. The van der Waals surface area contributed by atoms with Crippen molar-refractivity contribution in [2.45, 2.75) is 47.5 Å². The predicted molar refractivity (Wildman–Crippen MR) is 92.7 cm³/mol. The van der Waals surface area contributed by atoms with Crippen LogP contribution in [0.5, 0.6) is 0 Å². The standard InChI is InChI=1S/C18H33NO5/c1-13(2)10-16(11-17(21)14(3)4)18(22)19-6-7-23-8-9-24-12-15(5)20/h13-14,16H,6-12H2,1-5H3,(H,19,22). The molecule has 0 saturated heterocycles. The van der Waals surface area contributed by atoms with Crippen molar-refractivity contribution in [3.05, 3.63) is 0 Å². The molecule has 0 aromatic carbocycles. The molecule has 1 atom stereocenters. The summed E-state index contributed by atoms with van der Waals surface area (Å²) < 4.78 is 10.4. The van der Waals surface area contributed by atoms with Gasteiger partial charge in [0.25, 0.3) is 0 Å². The molecule has 0 aromatic heterocycles. The van der Waals surface area contributed by atoms with Gasteiger partial charge in [-0.15, -0.1) is 0 Å². The SMILES string of the molecule is CC(=O)COCCOCCNC(=O)C(CC(=O)C(C)C)CC(C)C. The lowest BCUT2D eigenvalue weighted by Gasteiger charge is -2.19. The van der Waals surface area contributed by atoms with Crippen LogP contribution >= 0.6 is 0 Å². The van der Waals surface area contributed by atoms with E-state index in [0.29, 0.717) is 45.1 Å². The monoisotopic (exact) mass is 343 g/mol. The molecule has 6 nitrogen and oxygen atoms in total. The van der Waals surface area contributed by atoms with E-state index in [1.165, 1.54) is 6.92 Å². The number of hydrogen-bond acceptors (Lipinski definition) is 5. The molecule has 0 radical (unpaired) electrons. The van der Waals surface area contributed by atoms with Gasteiger partial charge >= 0.3 is 0 Å². The van der Waals surface area contributed by atoms with Gasteiger partial charge in [0, 0.05) is 24.8 Å². The Morgan fingerprint density at radius 3 is 2.12 bits per heavy atom. The van der Waals surface area contributed by atoms with Crippen LogP contribution < -0.4 is 5.32 Å². The maximum absolute atomic E-state index is 12.3. The molecular formula is C18H33NO5. The quantitative estimate of drug-likeness (QED) is 0.488. The van der Waals surface area contributed by atoms with Crippen molar-refractivity contribution in [2.24, 2.45) is 17.8 Å². The van der Waals surface area contributed by atoms with Crippen LogP contribution in [0.4, 0.5) is 0 Å². The lowest BCUT2D eigenvalue weighted by molar-refractivity contribution is -0.131. The van der Waals surface area contributed by atoms with Crippen LogP contribution in [0.25, 0.3) is 0 Å². The fourth-order valence-corrected chi connectivity index (χ4v) is 2.16. The molecule has 1 N–H and O–H groups in total. The van der Waals surface area contributed by atoms with Gasteiger partial charge in [0.1, 0.15) is 12.4 Å². The first-order valence-corrected chi connectivity index (χ1v) is 8.69. The highest BCUT2D eigenvalue weighted by molar-refractivity contribution is 5.87. The van der Waals surface area contributed by atoms with E-state index >= 15 is 0 Å². The zero-order valence-corrected chi connectivity index (χ0v) is 15.7. The highest BCUT2D eigenvalue weighted by atomic mass is 16.5. The molecule has 24 heavy (non-hydrogen) atoms. The Kier molecular flexibility index (Phi) is 12.4. The van der Waals surface area contributed by atoms with Gasteiger partial charge in [0.2, 0.25) is 5.91 Å². The van der Waals surface area contributed by atoms with E-state index < -0.39 is 0 Å². The van der Waals surface area contributed by atoms with Crippen LogP contribution in [0.1, 0.15) is 47.5 Å². The first kappa shape index (κ1) is 22.7. The highest BCUT2D eigenvalue weighted by Gasteiger charge is 2.23. The number of Topliss-reactive ketones (excluding diaryl/α,β-unsaturated/α-hetero) is 2. The van der Waals surface area contributed by atoms with Crippen molar-refractivity contribution >= 4 is 17.5 Å². The van der Waals surface area contributed by atoms with Gasteiger partial charge in [-0.1, -0.05) is 27.7 Å². The largest absolute Gasteiger partial charge is 0.377 e. The third-order valence-electron chi connectivity index (χ3n) is 3.44. The summed E-state index contributed by atoms with van der Waals surface area (Å²) in [7, 11) is 0.